The fraction of sp³-hybridized carbons (Fsp3) is 0.735. The topological polar surface area (TPSA) is 172 Å². The van der Waals surface area contributed by atoms with Crippen molar-refractivity contribution >= 4 is 29.8 Å². The molecule has 2 fully saturated rings. The third-order valence-electron chi connectivity index (χ3n) is 9.51. The van der Waals surface area contributed by atoms with Crippen LogP contribution in [-0.4, -0.2) is 81.3 Å². The van der Waals surface area contributed by atoms with Gasteiger partial charge in [0.05, 0.1) is 5.92 Å². The number of rotatable bonds is 13. The monoisotopic (exact) mass is 650 g/mol. The van der Waals surface area contributed by atoms with Crippen LogP contribution in [0.2, 0.25) is 0 Å². The van der Waals surface area contributed by atoms with Crippen molar-refractivity contribution in [1.29, 1.82) is 0 Å². The van der Waals surface area contributed by atoms with E-state index in [9.17, 15) is 34.2 Å². The standard InChI is InChI=1S/C34H50O12/c1-9-12-13-14-15-17-24(37)43-28-26-25(20(5)27(28)44-30(38)19(4)11-3)29-34(41,33(8,40)31(39)45-29)22(42-23(36)16-10-2)18-32(26,7)46-21(6)35/h11,22,26-29,40-41H,9-10,12-18H2,1-8H3/b19-11+/t22-,26?,27?,28+,29?,32-,33-,34-/m0/s1. The Bertz CT molecular complexity index is 1260. The third kappa shape index (κ3) is 7.02. The molecule has 3 rings (SSSR count). The lowest BCUT2D eigenvalue weighted by Crippen LogP contribution is -2.64. The summed E-state index contributed by atoms with van der Waals surface area (Å²) >= 11 is 0. The second-order valence-electron chi connectivity index (χ2n) is 13.1. The lowest BCUT2D eigenvalue weighted by atomic mass is 9.75. The van der Waals surface area contributed by atoms with Crippen LogP contribution >= 0.6 is 0 Å². The normalized spacial score (nSPS) is 33.8. The second-order valence-corrected chi connectivity index (χ2v) is 13.1. The van der Waals surface area contributed by atoms with E-state index in [2.05, 4.69) is 6.92 Å². The Morgan fingerprint density at radius 1 is 0.935 bits per heavy atom. The predicted molar refractivity (Wildman–Crippen MR) is 164 cm³/mol. The van der Waals surface area contributed by atoms with Gasteiger partial charge in [-0.3, -0.25) is 14.4 Å². The number of aliphatic hydroxyl groups is 2. The molecule has 0 aromatic rings. The first-order valence-corrected chi connectivity index (χ1v) is 16.3. The Labute approximate surface area is 270 Å². The molecular weight excluding hydrogens is 600 g/mol. The Morgan fingerprint density at radius 2 is 1.57 bits per heavy atom. The average Bonchev–Trinajstić information content (AvgIpc) is 3.30. The van der Waals surface area contributed by atoms with Gasteiger partial charge in [0.2, 0.25) is 0 Å². The highest BCUT2D eigenvalue weighted by Crippen LogP contribution is 2.57. The number of carbonyl (C=O) groups is 5. The number of hydrogen-bond acceptors (Lipinski definition) is 12. The maximum absolute atomic E-state index is 13.3. The van der Waals surface area contributed by atoms with E-state index in [0.717, 1.165) is 32.6 Å². The lowest BCUT2D eigenvalue weighted by molar-refractivity contribution is -0.212. The summed E-state index contributed by atoms with van der Waals surface area (Å²) in [6.45, 7) is 12.4. The molecule has 2 N–H and O–H groups in total. The molecule has 0 bridgehead atoms. The van der Waals surface area contributed by atoms with E-state index < -0.39 is 83.4 Å². The van der Waals surface area contributed by atoms with Crippen molar-refractivity contribution in [3.8, 4) is 0 Å². The highest BCUT2D eigenvalue weighted by molar-refractivity contribution is 5.88. The third-order valence-corrected chi connectivity index (χ3v) is 9.51. The molecule has 1 aliphatic heterocycles. The maximum atomic E-state index is 13.3. The quantitative estimate of drug-likeness (QED) is 0.0969. The van der Waals surface area contributed by atoms with Crippen molar-refractivity contribution in [1.82, 2.24) is 0 Å². The Hall–Kier alpha value is -3.25. The van der Waals surface area contributed by atoms with E-state index in [1.165, 1.54) is 13.8 Å². The van der Waals surface area contributed by atoms with E-state index in [0.29, 0.717) is 12.8 Å². The first kappa shape index (κ1) is 37.2. The predicted octanol–water partition coefficient (Wildman–Crippen LogP) is 3.93. The average molecular weight is 651 g/mol. The number of allylic oxidation sites excluding steroid dienone is 1. The fourth-order valence-corrected chi connectivity index (χ4v) is 6.90. The Kier molecular flexibility index (Phi) is 11.9. The molecule has 1 saturated carbocycles. The minimum absolute atomic E-state index is 0.0234. The summed E-state index contributed by atoms with van der Waals surface area (Å²) in [4.78, 5) is 65.1. The van der Waals surface area contributed by atoms with Crippen molar-refractivity contribution in [3.05, 3.63) is 22.8 Å². The van der Waals surface area contributed by atoms with Crippen molar-refractivity contribution in [2.75, 3.05) is 0 Å². The molecule has 12 heteroatoms. The Morgan fingerprint density at radius 3 is 2.15 bits per heavy atom. The smallest absolute Gasteiger partial charge is 0.341 e. The largest absolute Gasteiger partial charge is 0.459 e. The number of carbonyl (C=O) groups excluding carboxylic acids is 5. The van der Waals surface area contributed by atoms with Crippen LogP contribution in [-0.2, 0) is 47.7 Å². The van der Waals surface area contributed by atoms with Crippen LogP contribution in [0.25, 0.3) is 0 Å². The molecule has 2 aliphatic carbocycles. The molecular formula is C34H50O12. The maximum Gasteiger partial charge on any atom is 0.341 e. The zero-order chi connectivity index (χ0) is 34.6. The van der Waals surface area contributed by atoms with E-state index in [1.54, 1.807) is 33.8 Å². The number of esters is 5. The van der Waals surface area contributed by atoms with Crippen LogP contribution in [0.3, 0.4) is 0 Å². The summed E-state index contributed by atoms with van der Waals surface area (Å²) < 4.78 is 29.3. The van der Waals surface area contributed by atoms with Gasteiger partial charge in [0.25, 0.3) is 0 Å². The van der Waals surface area contributed by atoms with Gasteiger partial charge in [-0.1, -0.05) is 45.6 Å². The van der Waals surface area contributed by atoms with Crippen LogP contribution in [0.4, 0.5) is 0 Å². The van der Waals surface area contributed by atoms with Crippen LogP contribution in [0.1, 0.15) is 113 Å². The zero-order valence-electron chi connectivity index (χ0n) is 28.3. The van der Waals surface area contributed by atoms with Gasteiger partial charge in [0.1, 0.15) is 11.7 Å². The summed E-state index contributed by atoms with van der Waals surface area (Å²) in [5.41, 5.74) is -6.12. The summed E-state index contributed by atoms with van der Waals surface area (Å²) in [5, 5.41) is 23.9. The highest BCUT2D eigenvalue weighted by atomic mass is 16.6. The molecule has 1 saturated heterocycles. The van der Waals surface area contributed by atoms with Gasteiger partial charge in [-0.05, 0) is 58.6 Å². The molecule has 12 nitrogen and oxygen atoms in total. The highest BCUT2D eigenvalue weighted by Gasteiger charge is 2.76. The number of ether oxygens (including phenoxy) is 5. The van der Waals surface area contributed by atoms with Crippen LogP contribution in [0.15, 0.2) is 22.8 Å². The van der Waals surface area contributed by atoms with Crippen LogP contribution in [0, 0.1) is 5.92 Å². The molecule has 46 heavy (non-hydrogen) atoms. The molecule has 8 atom stereocenters. The molecule has 0 aromatic carbocycles. The van der Waals surface area contributed by atoms with Gasteiger partial charge >= 0.3 is 29.8 Å². The first-order valence-electron chi connectivity index (χ1n) is 16.3. The summed E-state index contributed by atoms with van der Waals surface area (Å²) in [6.07, 6.45) is 0.272. The van der Waals surface area contributed by atoms with Gasteiger partial charge in [-0.2, -0.15) is 0 Å². The van der Waals surface area contributed by atoms with E-state index >= 15 is 0 Å². The molecule has 258 valence electrons. The molecule has 0 aromatic heterocycles. The summed E-state index contributed by atoms with van der Waals surface area (Å²) in [6, 6.07) is 0. The molecule has 1 heterocycles. The SMILES string of the molecule is C/C=C(\C)C(=O)OC1C(C)=C2C3OC(=O)[C@](C)(O)[C@]3(O)[C@@H](OC(=O)CCC)C[C@](C)(OC(C)=O)C2[C@H]1OC(=O)CCCCCCC. The van der Waals surface area contributed by atoms with E-state index in [1.807, 2.05) is 0 Å². The van der Waals surface area contributed by atoms with Crippen molar-refractivity contribution in [3.63, 3.8) is 0 Å². The minimum Gasteiger partial charge on any atom is -0.459 e. The van der Waals surface area contributed by atoms with Crippen molar-refractivity contribution in [2.45, 2.75) is 154 Å². The van der Waals surface area contributed by atoms with Gasteiger partial charge in [-0.15, -0.1) is 0 Å². The van der Waals surface area contributed by atoms with Gasteiger partial charge < -0.3 is 33.9 Å². The van der Waals surface area contributed by atoms with Gasteiger partial charge in [0, 0.05) is 31.8 Å². The van der Waals surface area contributed by atoms with E-state index in [-0.39, 0.29) is 29.6 Å². The minimum atomic E-state index is -2.57. The van der Waals surface area contributed by atoms with Crippen molar-refractivity contribution in [2.24, 2.45) is 5.92 Å². The summed E-state index contributed by atoms with van der Waals surface area (Å²) in [5.74, 6) is -5.03. The molecule has 0 amide bonds. The number of hydrogen-bond donors (Lipinski definition) is 2. The summed E-state index contributed by atoms with van der Waals surface area (Å²) in [7, 11) is 0. The van der Waals surface area contributed by atoms with Gasteiger partial charge in [0.15, 0.2) is 29.5 Å². The first-order chi connectivity index (χ1) is 21.5. The van der Waals surface area contributed by atoms with E-state index in [4.69, 9.17) is 23.7 Å². The van der Waals surface area contributed by atoms with Gasteiger partial charge in [-0.25, -0.2) is 9.59 Å². The van der Waals surface area contributed by atoms with Crippen LogP contribution < -0.4 is 0 Å². The second kappa shape index (κ2) is 14.7. The molecule has 3 unspecified atom stereocenters. The van der Waals surface area contributed by atoms with Crippen LogP contribution in [0.5, 0.6) is 0 Å². The molecule has 0 radical (unpaired) electrons. The molecule has 3 aliphatic rings. The zero-order valence-corrected chi connectivity index (χ0v) is 28.3. The number of fused-ring (bicyclic) bond motifs is 3. The lowest BCUT2D eigenvalue weighted by Gasteiger charge is -2.41. The molecule has 0 spiro atoms. The number of unbranched alkanes of at least 4 members (excludes halogenated alkanes) is 4. The fourth-order valence-electron chi connectivity index (χ4n) is 6.90. The van der Waals surface area contributed by atoms with Crippen molar-refractivity contribution < 1.29 is 57.9 Å². The Balaban J connectivity index is 2.23.